The molecule has 6 rings (SSSR count). The fourth-order valence-corrected chi connectivity index (χ4v) is 4.45. The lowest BCUT2D eigenvalue weighted by Crippen LogP contribution is -2.42. The molecule has 0 N–H and O–H groups in total. The summed E-state index contributed by atoms with van der Waals surface area (Å²) in [5.74, 6) is 2.04. The molecule has 1 aliphatic rings. The highest BCUT2D eigenvalue weighted by Crippen LogP contribution is 2.41. The minimum absolute atomic E-state index is 0.468. The van der Waals surface area contributed by atoms with Crippen molar-refractivity contribution in [2.45, 2.75) is 6.73 Å². The van der Waals surface area contributed by atoms with Crippen molar-refractivity contribution in [2.75, 3.05) is 0 Å². The van der Waals surface area contributed by atoms with E-state index >= 15 is 0 Å². The van der Waals surface area contributed by atoms with Gasteiger partial charge in [-0.3, -0.25) is 0 Å². The van der Waals surface area contributed by atoms with Gasteiger partial charge >= 0.3 is 5.82 Å². The predicted octanol–water partition coefficient (Wildman–Crippen LogP) is 6.12. The van der Waals surface area contributed by atoms with Crippen LogP contribution in [0.3, 0.4) is 0 Å². The van der Waals surface area contributed by atoms with Gasteiger partial charge in [-0.05, 0) is 24.3 Å². The summed E-state index contributed by atoms with van der Waals surface area (Å²) in [5, 5.41) is 0. The SMILES string of the molecule is c1ccc(-c2c(-c3ccccc3)[n+]3c(n2-c2ccccc2)-c2ccccc2OC3)cc1. The molecule has 0 atom stereocenters. The van der Waals surface area contributed by atoms with Gasteiger partial charge in [-0.2, -0.15) is 9.13 Å². The van der Waals surface area contributed by atoms with Gasteiger partial charge < -0.3 is 4.74 Å². The zero-order valence-corrected chi connectivity index (χ0v) is 17.0. The summed E-state index contributed by atoms with van der Waals surface area (Å²) in [7, 11) is 0. The van der Waals surface area contributed by atoms with Crippen LogP contribution < -0.4 is 9.30 Å². The Hall–Kier alpha value is -4.11. The molecule has 0 unspecified atom stereocenters. The van der Waals surface area contributed by atoms with Gasteiger partial charge in [0.2, 0.25) is 6.73 Å². The van der Waals surface area contributed by atoms with Crippen LogP contribution in [0.4, 0.5) is 0 Å². The number of para-hydroxylation sites is 2. The van der Waals surface area contributed by atoms with E-state index in [0.29, 0.717) is 6.73 Å². The molecule has 4 aromatic carbocycles. The van der Waals surface area contributed by atoms with Crippen LogP contribution in [0.2, 0.25) is 0 Å². The fourth-order valence-electron chi connectivity index (χ4n) is 4.45. The van der Waals surface area contributed by atoms with Gasteiger partial charge in [0, 0.05) is 11.1 Å². The highest BCUT2D eigenvalue weighted by molar-refractivity contribution is 5.82. The normalized spacial score (nSPS) is 12.0. The van der Waals surface area contributed by atoms with Gasteiger partial charge in [0.05, 0.1) is 0 Å². The molecule has 3 nitrogen and oxygen atoms in total. The zero-order chi connectivity index (χ0) is 20.6. The van der Waals surface area contributed by atoms with Crippen LogP contribution in [0.15, 0.2) is 115 Å². The number of aromatic nitrogens is 2. The first-order valence-electron chi connectivity index (χ1n) is 10.5. The van der Waals surface area contributed by atoms with Gasteiger partial charge in [-0.1, -0.05) is 91.0 Å². The Morgan fingerprint density at radius 3 is 1.90 bits per heavy atom. The van der Waals surface area contributed by atoms with Crippen molar-refractivity contribution in [1.82, 2.24) is 4.57 Å². The van der Waals surface area contributed by atoms with Crippen molar-refractivity contribution in [3.63, 3.8) is 0 Å². The average Bonchev–Trinajstić information content (AvgIpc) is 3.21. The third-order valence-electron chi connectivity index (χ3n) is 5.77. The van der Waals surface area contributed by atoms with E-state index in [1.807, 2.05) is 12.1 Å². The molecule has 0 bridgehead atoms. The van der Waals surface area contributed by atoms with E-state index in [4.69, 9.17) is 4.74 Å². The third kappa shape index (κ3) is 2.86. The summed E-state index contributed by atoms with van der Waals surface area (Å²) in [5.41, 5.74) is 6.87. The zero-order valence-electron chi connectivity index (χ0n) is 17.0. The van der Waals surface area contributed by atoms with E-state index in [1.54, 1.807) is 0 Å². The van der Waals surface area contributed by atoms with E-state index < -0.39 is 0 Å². The summed E-state index contributed by atoms with van der Waals surface area (Å²) in [6.07, 6.45) is 0. The van der Waals surface area contributed by atoms with Crippen LogP contribution in [-0.4, -0.2) is 4.57 Å². The van der Waals surface area contributed by atoms with E-state index in [2.05, 4.69) is 112 Å². The van der Waals surface area contributed by atoms with Crippen molar-refractivity contribution in [2.24, 2.45) is 0 Å². The lowest BCUT2D eigenvalue weighted by atomic mass is 10.0. The van der Waals surface area contributed by atoms with Crippen LogP contribution in [0.1, 0.15) is 0 Å². The lowest BCUT2D eigenvalue weighted by molar-refractivity contribution is -0.706. The monoisotopic (exact) mass is 401 g/mol. The minimum Gasteiger partial charge on any atom is -0.453 e. The molecule has 5 aromatic rings. The Labute approximate surface area is 181 Å². The Morgan fingerprint density at radius 2 is 1.19 bits per heavy atom. The van der Waals surface area contributed by atoms with Crippen LogP contribution in [-0.2, 0) is 6.73 Å². The molecule has 0 fully saturated rings. The van der Waals surface area contributed by atoms with Gasteiger partial charge in [0.25, 0.3) is 0 Å². The second-order valence-electron chi connectivity index (χ2n) is 7.62. The number of imidazole rings is 1. The summed E-state index contributed by atoms with van der Waals surface area (Å²) in [6.45, 7) is 0.468. The third-order valence-corrected chi connectivity index (χ3v) is 5.77. The van der Waals surface area contributed by atoms with E-state index in [1.165, 1.54) is 11.1 Å². The Morgan fingerprint density at radius 1 is 0.613 bits per heavy atom. The molecule has 1 aliphatic heterocycles. The molecule has 1 aromatic heterocycles. The number of hydrogen-bond acceptors (Lipinski definition) is 1. The standard InChI is InChI=1S/C28H21N2O/c1-4-12-21(13-5-1)26-27(22-14-6-2-7-15-22)30(23-16-8-3-9-17-23)28-24-18-10-11-19-25(24)31-20-29(26)28/h1-19H,20H2/q+1. The molecule has 0 spiro atoms. The minimum atomic E-state index is 0.468. The first-order chi connectivity index (χ1) is 15.4. The van der Waals surface area contributed by atoms with E-state index in [0.717, 1.165) is 34.2 Å². The molecule has 0 aliphatic carbocycles. The summed E-state index contributed by atoms with van der Waals surface area (Å²) in [6, 6.07) is 40.1. The van der Waals surface area contributed by atoms with Crippen molar-refractivity contribution >= 4 is 0 Å². The first kappa shape index (κ1) is 17.7. The summed E-state index contributed by atoms with van der Waals surface area (Å²) < 4.78 is 10.9. The van der Waals surface area contributed by atoms with Gasteiger partial charge in [0.15, 0.2) is 11.4 Å². The number of benzene rings is 4. The van der Waals surface area contributed by atoms with Gasteiger partial charge in [-0.15, -0.1) is 0 Å². The summed E-state index contributed by atoms with van der Waals surface area (Å²) >= 11 is 0. The lowest BCUT2D eigenvalue weighted by Gasteiger charge is -2.16. The predicted molar refractivity (Wildman–Crippen MR) is 123 cm³/mol. The second kappa shape index (κ2) is 7.29. The topological polar surface area (TPSA) is 18.0 Å². The molecule has 0 radical (unpaired) electrons. The van der Waals surface area contributed by atoms with E-state index in [-0.39, 0.29) is 0 Å². The second-order valence-corrected chi connectivity index (χ2v) is 7.62. The van der Waals surface area contributed by atoms with Crippen LogP contribution in [0.25, 0.3) is 39.6 Å². The number of ether oxygens (including phenoxy) is 1. The number of nitrogens with zero attached hydrogens (tertiary/aromatic N) is 2. The molecule has 0 saturated carbocycles. The van der Waals surface area contributed by atoms with Crippen LogP contribution >= 0.6 is 0 Å². The molecular weight excluding hydrogens is 380 g/mol. The smallest absolute Gasteiger partial charge is 0.301 e. The van der Waals surface area contributed by atoms with Gasteiger partial charge in [0.1, 0.15) is 17.0 Å². The highest BCUT2D eigenvalue weighted by Gasteiger charge is 2.38. The molecule has 31 heavy (non-hydrogen) atoms. The molecule has 0 saturated heterocycles. The molecule has 3 heteroatoms. The molecule has 2 heterocycles. The van der Waals surface area contributed by atoms with Crippen molar-refractivity contribution in [1.29, 1.82) is 0 Å². The average molecular weight is 401 g/mol. The molecule has 0 amide bonds. The van der Waals surface area contributed by atoms with E-state index in [9.17, 15) is 0 Å². The van der Waals surface area contributed by atoms with Crippen LogP contribution in [0.5, 0.6) is 5.75 Å². The number of rotatable bonds is 3. The Kier molecular flexibility index (Phi) is 4.17. The quantitative estimate of drug-likeness (QED) is 0.333. The van der Waals surface area contributed by atoms with Crippen LogP contribution in [0, 0.1) is 0 Å². The highest BCUT2D eigenvalue weighted by atomic mass is 16.5. The first-order valence-corrected chi connectivity index (χ1v) is 10.5. The van der Waals surface area contributed by atoms with Gasteiger partial charge in [-0.25, -0.2) is 0 Å². The maximum Gasteiger partial charge on any atom is 0.301 e. The molecular formula is C28H21N2O+. The molecule has 148 valence electrons. The Bertz CT molecular complexity index is 1300. The van der Waals surface area contributed by atoms with Crippen molar-refractivity contribution < 1.29 is 9.30 Å². The maximum atomic E-state index is 6.20. The number of fused-ring (bicyclic) bond motifs is 3. The van der Waals surface area contributed by atoms with Crippen molar-refractivity contribution in [3.05, 3.63) is 115 Å². The van der Waals surface area contributed by atoms with Crippen molar-refractivity contribution in [3.8, 4) is 45.3 Å². The summed E-state index contributed by atoms with van der Waals surface area (Å²) in [4.78, 5) is 0. The fraction of sp³-hybridized carbons (Fsp3) is 0.0357. The maximum absolute atomic E-state index is 6.20. The number of hydrogen-bond donors (Lipinski definition) is 0. The largest absolute Gasteiger partial charge is 0.453 e. The Balaban J connectivity index is 1.80.